The standard InChI is InChI=1S/C11H11BrFNO4/c1-2-18-11(15)8(12)6-7-9(13)4-3-5-10(7)14(16)17/h3-5,8H,2,6H2,1H3. The van der Waals surface area contributed by atoms with Gasteiger partial charge >= 0.3 is 5.97 Å². The monoisotopic (exact) mass is 319 g/mol. The molecule has 1 unspecified atom stereocenters. The number of nitrogens with zero attached hydrogens (tertiary/aromatic N) is 1. The van der Waals surface area contributed by atoms with Crippen molar-refractivity contribution in [3.8, 4) is 0 Å². The fourth-order valence-corrected chi connectivity index (χ4v) is 1.87. The first kappa shape index (κ1) is 14.6. The van der Waals surface area contributed by atoms with Crippen LogP contribution in [-0.4, -0.2) is 22.3 Å². The van der Waals surface area contributed by atoms with Gasteiger partial charge in [-0.2, -0.15) is 0 Å². The van der Waals surface area contributed by atoms with E-state index in [4.69, 9.17) is 4.74 Å². The van der Waals surface area contributed by atoms with Crippen LogP contribution in [0.15, 0.2) is 18.2 Å². The van der Waals surface area contributed by atoms with Crippen molar-refractivity contribution < 1.29 is 18.8 Å². The Balaban J connectivity index is 2.96. The SMILES string of the molecule is CCOC(=O)C(Br)Cc1c(F)cccc1[N+](=O)[O-]. The maximum absolute atomic E-state index is 13.5. The molecule has 0 aliphatic carbocycles. The summed E-state index contributed by atoms with van der Waals surface area (Å²) in [5.41, 5.74) is -0.457. The predicted octanol–water partition coefficient (Wildman–Crippen LogP) is 2.60. The third kappa shape index (κ3) is 3.49. The lowest BCUT2D eigenvalue weighted by molar-refractivity contribution is -0.385. The second-order valence-corrected chi connectivity index (χ2v) is 4.52. The Bertz CT molecular complexity index is 466. The molecule has 0 N–H and O–H groups in total. The molecule has 98 valence electrons. The van der Waals surface area contributed by atoms with Gasteiger partial charge in [0.15, 0.2) is 0 Å². The van der Waals surface area contributed by atoms with Crippen molar-refractivity contribution in [3.63, 3.8) is 0 Å². The molecule has 0 saturated heterocycles. The highest BCUT2D eigenvalue weighted by atomic mass is 79.9. The maximum atomic E-state index is 13.5. The van der Waals surface area contributed by atoms with Gasteiger partial charge in [0.05, 0.1) is 17.1 Å². The number of alkyl halides is 1. The van der Waals surface area contributed by atoms with Gasteiger partial charge in [-0.15, -0.1) is 0 Å². The van der Waals surface area contributed by atoms with Crippen LogP contribution < -0.4 is 0 Å². The van der Waals surface area contributed by atoms with Gasteiger partial charge in [-0.05, 0) is 13.0 Å². The second-order valence-electron chi connectivity index (χ2n) is 3.42. The van der Waals surface area contributed by atoms with Gasteiger partial charge < -0.3 is 4.74 Å². The lowest BCUT2D eigenvalue weighted by atomic mass is 10.1. The number of nitro benzene ring substituents is 1. The van der Waals surface area contributed by atoms with Crippen LogP contribution in [0.2, 0.25) is 0 Å². The van der Waals surface area contributed by atoms with Crippen LogP contribution in [0, 0.1) is 15.9 Å². The molecule has 7 heteroatoms. The van der Waals surface area contributed by atoms with E-state index >= 15 is 0 Å². The molecule has 0 saturated carbocycles. The molecule has 0 amide bonds. The van der Waals surface area contributed by atoms with Crippen LogP contribution in [0.1, 0.15) is 12.5 Å². The van der Waals surface area contributed by atoms with Gasteiger partial charge in [-0.25, -0.2) is 4.39 Å². The van der Waals surface area contributed by atoms with Gasteiger partial charge in [-0.1, -0.05) is 22.0 Å². The molecule has 0 spiro atoms. The van der Waals surface area contributed by atoms with Crippen molar-refractivity contribution in [1.82, 2.24) is 0 Å². The number of carbonyl (C=O) groups is 1. The van der Waals surface area contributed by atoms with Crippen molar-refractivity contribution in [2.24, 2.45) is 0 Å². The number of benzene rings is 1. The Kier molecular flexibility index (Phi) is 5.21. The fourth-order valence-electron chi connectivity index (χ4n) is 1.42. The van der Waals surface area contributed by atoms with E-state index in [9.17, 15) is 19.3 Å². The summed E-state index contributed by atoms with van der Waals surface area (Å²) in [6, 6.07) is 3.57. The van der Waals surface area contributed by atoms with Crippen LogP contribution in [-0.2, 0) is 16.0 Å². The van der Waals surface area contributed by atoms with Crippen LogP contribution in [0.25, 0.3) is 0 Å². The molecular weight excluding hydrogens is 309 g/mol. The number of halogens is 2. The number of rotatable bonds is 5. The molecule has 0 aliphatic rings. The van der Waals surface area contributed by atoms with Crippen molar-refractivity contribution >= 4 is 27.6 Å². The molecule has 0 bridgehead atoms. The molecule has 1 atom stereocenters. The third-order valence-corrected chi connectivity index (χ3v) is 2.91. The van der Waals surface area contributed by atoms with E-state index in [1.165, 1.54) is 12.1 Å². The van der Waals surface area contributed by atoms with Gasteiger partial charge in [-0.3, -0.25) is 14.9 Å². The molecule has 18 heavy (non-hydrogen) atoms. The van der Waals surface area contributed by atoms with E-state index < -0.39 is 21.5 Å². The molecular formula is C11H11BrFNO4. The van der Waals surface area contributed by atoms with E-state index in [-0.39, 0.29) is 24.3 Å². The van der Waals surface area contributed by atoms with Gasteiger partial charge in [0.2, 0.25) is 0 Å². The minimum absolute atomic E-state index is 0.113. The minimum Gasteiger partial charge on any atom is -0.465 e. The van der Waals surface area contributed by atoms with Crippen molar-refractivity contribution in [1.29, 1.82) is 0 Å². The Morgan fingerprint density at radius 2 is 2.28 bits per heavy atom. The van der Waals surface area contributed by atoms with Crippen LogP contribution in [0.4, 0.5) is 10.1 Å². The van der Waals surface area contributed by atoms with Crippen molar-refractivity contribution in [2.45, 2.75) is 18.2 Å². The number of hydrogen-bond donors (Lipinski definition) is 0. The highest BCUT2D eigenvalue weighted by molar-refractivity contribution is 9.10. The molecule has 1 aromatic carbocycles. The Morgan fingerprint density at radius 3 is 2.83 bits per heavy atom. The number of nitro groups is 1. The summed E-state index contributed by atoms with van der Waals surface area (Å²) in [5, 5.41) is 10.8. The highest BCUT2D eigenvalue weighted by Gasteiger charge is 2.24. The van der Waals surface area contributed by atoms with E-state index in [2.05, 4.69) is 15.9 Å². The molecule has 0 radical (unpaired) electrons. The molecule has 0 fully saturated rings. The molecule has 1 aromatic rings. The second kappa shape index (κ2) is 6.44. The Labute approximate surface area is 111 Å². The minimum atomic E-state index is -0.812. The zero-order chi connectivity index (χ0) is 13.7. The number of carbonyl (C=O) groups excluding carboxylic acids is 1. The highest BCUT2D eigenvalue weighted by Crippen LogP contribution is 2.24. The molecule has 0 heterocycles. The molecule has 1 rings (SSSR count). The van der Waals surface area contributed by atoms with E-state index in [1.54, 1.807) is 6.92 Å². The number of ether oxygens (including phenoxy) is 1. The first-order valence-corrected chi connectivity index (χ1v) is 6.11. The first-order chi connectivity index (χ1) is 8.47. The first-order valence-electron chi connectivity index (χ1n) is 5.19. The van der Waals surface area contributed by atoms with Gasteiger partial charge in [0.1, 0.15) is 10.6 Å². The van der Waals surface area contributed by atoms with Crippen LogP contribution in [0.3, 0.4) is 0 Å². The normalized spacial score (nSPS) is 11.9. The average molecular weight is 320 g/mol. The number of esters is 1. The van der Waals surface area contributed by atoms with Crippen LogP contribution >= 0.6 is 15.9 Å². The Morgan fingerprint density at radius 1 is 1.61 bits per heavy atom. The third-order valence-electron chi connectivity index (χ3n) is 2.22. The average Bonchev–Trinajstić information content (AvgIpc) is 2.31. The molecule has 0 aromatic heterocycles. The number of hydrogen-bond acceptors (Lipinski definition) is 4. The zero-order valence-electron chi connectivity index (χ0n) is 9.56. The smallest absolute Gasteiger partial charge is 0.320 e. The Hall–Kier alpha value is -1.50. The van der Waals surface area contributed by atoms with Crippen molar-refractivity contribution in [2.75, 3.05) is 6.61 Å². The van der Waals surface area contributed by atoms with E-state index in [0.717, 1.165) is 6.07 Å². The van der Waals surface area contributed by atoms with Gasteiger partial charge in [0.25, 0.3) is 5.69 Å². The van der Waals surface area contributed by atoms with Crippen LogP contribution in [0.5, 0.6) is 0 Å². The lowest BCUT2D eigenvalue weighted by Gasteiger charge is -2.09. The zero-order valence-corrected chi connectivity index (χ0v) is 11.1. The predicted molar refractivity (Wildman–Crippen MR) is 66.1 cm³/mol. The van der Waals surface area contributed by atoms with Gasteiger partial charge in [0, 0.05) is 12.5 Å². The van der Waals surface area contributed by atoms with E-state index in [0.29, 0.717) is 0 Å². The molecule has 5 nitrogen and oxygen atoms in total. The summed E-state index contributed by atoms with van der Waals surface area (Å²) in [6.07, 6.45) is -0.137. The summed E-state index contributed by atoms with van der Waals surface area (Å²) < 4.78 is 18.3. The summed E-state index contributed by atoms with van der Waals surface area (Å²) in [5.74, 6) is -1.28. The summed E-state index contributed by atoms with van der Waals surface area (Å²) >= 11 is 3.03. The summed E-state index contributed by atoms with van der Waals surface area (Å²) in [4.78, 5) is 20.6. The fraction of sp³-hybridized carbons (Fsp3) is 0.364. The molecule has 0 aliphatic heterocycles. The largest absolute Gasteiger partial charge is 0.465 e. The van der Waals surface area contributed by atoms with Crippen molar-refractivity contribution in [3.05, 3.63) is 39.7 Å². The summed E-state index contributed by atoms with van der Waals surface area (Å²) in [6.45, 7) is 1.84. The topological polar surface area (TPSA) is 69.4 Å². The lowest BCUT2D eigenvalue weighted by Crippen LogP contribution is -2.20. The summed E-state index contributed by atoms with van der Waals surface area (Å²) in [7, 11) is 0. The maximum Gasteiger partial charge on any atom is 0.320 e. The quantitative estimate of drug-likeness (QED) is 0.362. The van der Waals surface area contributed by atoms with E-state index in [1.807, 2.05) is 0 Å².